The van der Waals surface area contributed by atoms with Gasteiger partial charge in [0.25, 0.3) is 0 Å². The Morgan fingerprint density at radius 1 is 0.694 bits per heavy atom. The molecule has 3 aromatic carbocycles. The van der Waals surface area contributed by atoms with E-state index in [1.165, 1.54) is 0 Å². The standard InChI is InChI=1S/C29H32O7/c30-16-17-31-29-27(33-19-22-12-6-2-7-13-22)26(32-18-21-10-4-1-5-11-21)25-24(35-29)20-34-28(36-25)23-14-8-3-9-15-23/h1-15,24-30H,16-20H2/t24-,25-,26+,27-,28-,29+/m1/s1. The molecule has 2 saturated heterocycles. The summed E-state index contributed by atoms with van der Waals surface area (Å²) in [5.74, 6) is 0. The second kappa shape index (κ2) is 12.6. The van der Waals surface area contributed by atoms with Crippen LogP contribution in [-0.4, -0.2) is 55.6 Å². The van der Waals surface area contributed by atoms with Gasteiger partial charge < -0.3 is 33.5 Å². The van der Waals surface area contributed by atoms with Crippen LogP contribution in [0.25, 0.3) is 0 Å². The Morgan fingerprint density at radius 2 is 1.28 bits per heavy atom. The molecule has 5 rings (SSSR count). The van der Waals surface area contributed by atoms with Crippen LogP contribution >= 0.6 is 0 Å². The number of fused-ring (bicyclic) bond motifs is 1. The fraction of sp³-hybridized carbons (Fsp3) is 0.379. The summed E-state index contributed by atoms with van der Waals surface area (Å²) in [7, 11) is 0. The van der Waals surface area contributed by atoms with Crippen molar-refractivity contribution in [3.63, 3.8) is 0 Å². The van der Waals surface area contributed by atoms with E-state index in [0.29, 0.717) is 19.8 Å². The lowest BCUT2D eigenvalue weighted by molar-refractivity contribution is -0.372. The number of benzene rings is 3. The van der Waals surface area contributed by atoms with Crippen LogP contribution in [0.5, 0.6) is 0 Å². The van der Waals surface area contributed by atoms with Crippen LogP contribution in [0.4, 0.5) is 0 Å². The minimum Gasteiger partial charge on any atom is -0.394 e. The van der Waals surface area contributed by atoms with Crippen LogP contribution in [0, 0.1) is 0 Å². The Kier molecular flexibility index (Phi) is 8.74. The van der Waals surface area contributed by atoms with Gasteiger partial charge in [-0.1, -0.05) is 91.0 Å². The van der Waals surface area contributed by atoms with Gasteiger partial charge in [0.1, 0.15) is 24.4 Å². The molecule has 2 heterocycles. The van der Waals surface area contributed by atoms with Gasteiger partial charge in [-0.15, -0.1) is 0 Å². The van der Waals surface area contributed by atoms with Gasteiger partial charge in [-0.25, -0.2) is 0 Å². The summed E-state index contributed by atoms with van der Waals surface area (Å²) >= 11 is 0. The number of hydrogen-bond acceptors (Lipinski definition) is 7. The van der Waals surface area contributed by atoms with Crippen molar-refractivity contribution in [2.75, 3.05) is 19.8 Å². The summed E-state index contributed by atoms with van der Waals surface area (Å²) in [6, 6.07) is 29.7. The molecule has 2 aliphatic rings. The summed E-state index contributed by atoms with van der Waals surface area (Å²) in [4.78, 5) is 0. The van der Waals surface area contributed by atoms with Crippen molar-refractivity contribution < 1.29 is 33.5 Å². The van der Waals surface area contributed by atoms with Crippen molar-refractivity contribution >= 4 is 0 Å². The molecule has 0 aromatic heterocycles. The van der Waals surface area contributed by atoms with E-state index in [1.807, 2.05) is 91.0 Å². The number of rotatable bonds is 10. The van der Waals surface area contributed by atoms with E-state index in [4.69, 9.17) is 28.4 Å². The van der Waals surface area contributed by atoms with Crippen LogP contribution in [0.1, 0.15) is 23.0 Å². The quantitative estimate of drug-likeness (QED) is 0.458. The molecule has 0 unspecified atom stereocenters. The average Bonchev–Trinajstić information content (AvgIpc) is 2.95. The van der Waals surface area contributed by atoms with E-state index in [-0.39, 0.29) is 13.2 Å². The molecule has 36 heavy (non-hydrogen) atoms. The maximum atomic E-state index is 9.40. The third-order valence-corrected chi connectivity index (χ3v) is 6.30. The largest absolute Gasteiger partial charge is 0.394 e. The van der Waals surface area contributed by atoms with Crippen LogP contribution in [0.15, 0.2) is 91.0 Å². The van der Waals surface area contributed by atoms with Crippen LogP contribution in [-0.2, 0) is 41.6 Å². The molecule has 2 fully saturated rings. The van der Waals surface area contributed by atoms with Crippen LogP contribution < -0.4 is 0 Å². The third-order valence-electron chi connectivity index (χ3n) is 6.30. The fourth-order valence-electron chi connectivity index (χ4n) is 4.53. The molecule has 2 aliphatic heterocycles. The zero-order chi connectivity index (χ0) is 24.6. The minimum absolute atomic E-state index is 0.118. The first-order valence-electron chi connectivity index (χ1n) is 12.3. The molecule has 6 atom stereocenters. The lowest BCUT2D eigenvalue weighted by Crippen LogP contribution is -2.63. The monoisotopic (exact) mass is 492 g/mol. The first kappa shape index (κ1) is 25.0. The van der Waals surface area contributed by atoms with Crippen molar-refractivity contribution in [1.82, 2.24) is 0 Å². The minimum atomic E-state index is -0.747. The molecular formula is C29H32O7. The summed E-state index contributed by atoms with van der Waals surface area (Å²) < 4.78 is 37.5. The lowest BCUT2D eigenvalue weighted by atomic mass is 9.97. The molecule has 0 radical (unpaired) electrons. The molecule has 3 aromatic rings. The normalized spacial score (nSPS) is 27.9. The molecule has 0 saturated carbocycles. The Morgan fingerprint density at radius 3 is 1.89 bits per heavy atom. The Balaban J connectivity index is 1.40. The molecule has 0 bridgehead atoms. The Hall–Kier alpha value is -2.62. The van der Waals surface area contributed by atoms with E-state index in [9.17, 15) is 5.11 Å². The van der Waals surface area contributed by atoms with Gasteiger partial charge in [0, 0.05) is 5.56 Å². The lowest BCUT2D eigenvalue weighted by Gasteiger charge is -2.49. The molecular weight excluding hydrogens is 460 g/mol. The zero-order valence-electron chi connectivity index (χ0n) is 20.1. The highest BCUT2D eigenvalue weighted by molar-refractivity contribution is 5.17. The molecule has 0 spiro atoms. The van der Waals surface area contributed by atoms with E-state index in [0.717, 1.165) is 16.7 Å². The van der Waals surface area contributed by atoms with E-state index in [1.54, 1.807) is 0 Å². The van der Waals surface area contributed by atoms with Gasteiger partial charge in [-0.3, -0.25) is 0 Å². The number of hydrogen-bond donors (Lipinski definition) is 1. The molecule has 7 nitrogen and oxygen atoms in total. The summed E-state index contributed by atoms with van der Waals surface area (Å²) in [5, 5.41) is 9.40. The van der Waals surface area contributed by atoms with Crippen LogP contribution in [0.2, 0.25) is 0 Å². The summed E-state index contributed by atoms with van der Waals surface area (Å²) in [6.45, 7) is 1.05. The Labute approximate surface area is 211 Å². The highest BCUT2D eigenvalue weighted by Gasteiger charge is 2.51. The molecule has 0 amide bonds. The number of aliphatic hydroxyl groups excluding tert-OH is 1. The van der Waals surface area contributed by atoms with Gasteiger partial charge in [-0.05, 0) is 11.1 Å². The first-order valence-corrected chi connectivity index (χ1v) is 12.3. The second-order valence-corrected chi connectivity index (χ2v) is 8.84. The van der Waals surface area contributed by atoms with Crippen molar-refractivity contribution in [2.24, 2.45) is 0 Å². The van der Waals surface area contributed by atoms with Gasteiger partial charge >= 0.3 is 0 Å². The molecule has 0 aliphatic carbocycles. The molecule has 190 valence electrons. The second-order valence-electron chi connectivity index (χ2n) is 8.84. The number of ether oxygens (including phenoxy) is 6. The SMILES string of the molecule is OCCO[C@H]1O[C@@H]2CO[C@@H](c3ccccc3)O[C@H]2[C@H](OCc2ccccc2)[C@H]1OCc1ccccc1. The average molecular weight is 493 g/mol. The maximum absolute atomic E-state index is 9.40. The van der Waals surface area contributed by atoms with Gasteiger partial charge in [0.2, 0.25) is 0 Å². The van der Waals surface area contributed by atoms with E-state index in [2.05, 4.69) is 0 Å². The topological polar surface area (TPSA) is 75.6 Å². The van der Waals surface area contributed by atoms with Gasteiger partial charge in [0.15, 0.2) is 12.6 Å². The highest BCUT2D eigenvalue weighted by atomic mass is 16.8. The van der Waals surface area contributed by atoms with Crippen LogP contribution in [0.3, 0.4) is 0 Å². The van der Waals surface area contributed by atoms with Crippen molar-refractivity contribution in [3.05, 3.63) is 108 Å². The highest BCUT2D eigenvalue weighted by Crippen LogP contribution is 2.37. The van der Waals surface area contributed by atoms with Crippen molar-refractivity contribution in [2.45, 2.75) is 50.2 Å². The first-order chi connectivity index (χ1) is 17.8. The van der Waals surface area contributed by atoms with Gasteiger partial charge in [-0.2, -0.15) is 0 Å². The summed E-state index contributed by atoms with van der Waals surface area (Å²) in [6.07, 6.45) is -3.22. The Bertz CT molecular complexity index is 1030. The van der Waals surface area contributed by atoms with Crippen molar-refractivity contribution in [3.8, 4) is 0 Å². The smallest absolute Gasteiger partial charge is 0.187 e. The molecule has 7 heteroatoms. The molecule has 1 N–H and O–H groups in total. The van der Waals surface area contributed by atoms with Gasteiger partial charge in [0.05, 0.1) is 33.0 Å². The maximum Gasteiger partial charge on any atom is 0.187 e. The van der Waals surface area contributed by atoms with Crippen molar-refractivity contribution in [1.29, 1.82) is 0 Å². The predicted molar refractivity (Wildman–Crippen MR) is 132 cm³/mol. The van der Waals surface area contributed by atoms with E-state index < -0.39 is 37.0 Å². The zero-order valence-corrected chi connectivity index (χ0v) is 20.1. The fourth-order valence-corrected chi connectivity index (χ4v) is 4.53. The number of aliphatic hydroxyl groups is 1. The summed E-state index contributed by atoms with van der Waals surface area (Å²) in [5.41, 5.74) is 3.00. The predicted octanol–water partition coefficient (Wildman–Crippen LogP) is 4.01. The third kappa shape index (κ3) is 6.19. The van der Waals surface area contributed by atoms with E-state index >= 15 is 0 Å².